The van der Waals surface area contributed by atoms with Gasteiger partial charge in [0, 0.05) is 19.8 Å². The number of rotatable bonds is 3. The second kappa shape index (κ2) is 3.85. The predicted molar refractivity (Wildman–Crippen MR) is 54.5 cm³/mol. The molecule has 0 amide bonds. The van der Waals surface area contributed by atoms with Crippen molar-refractivity contribution in [3.8, 4) is 5.75 Å². The van der Waals surface area contributed by atoms with Crippen molar-refractivity contribution in [3.63, 3.8) is 0 Å². The molecule has 0 saturated heterocycles. The molecule has 6 heteroatoms. The van der Waals surface area contributed by atoms with E-state index in [0.717, 1.165) is 5.69 Å². The smallest absolute Gasteiger partial charge is 0.378 e. The van der Waals surface area contributed by atoms with Crippen LogP contribution in [0, 0.1) is 0 Å². The first-order valence-electron chi connectivity index (χ1n) is 3.88. The van der Waals surface area contributed by atoms with Crippen molar-refractivity contribution in [2.24, 2.45) is 5.14 Å². The van der Waals surface area contributed by atoms with Gasteiger partial charge in [0.05, 0.1) is 0 Å². The summed E-state index contributed by atoms with van der Waals surface area (Å²) in [6.45, 7) is 0. The number of nitrogens with two attached hydrogens (primary N) is 1. The Labute approximate surface area is 83.3 Å². The number of nitrogens with zero attached hydrogens (tertiary/aromatic N) is 1. The van der Waals surface area contributed by atoms with E-state index in [9.17, 15) is 8.42 Å². The van der Waals surface area contributed by atoms with Gasteiger partial charge in [0.25, 0.3) is 0 Å². The number of anilines is 1. The fourth-order valence-electron chi connectivity index (χ4n) is 0.934. The Morgan fingerprint density at radius 3 is 2.07 bits per heavy atom. The summed E-state index contributed by atoms with van der Waals surface area (Å²) in [4.78, 5) is 1.89. The largest absolute Gasteiger partial charge is 0.380 e. The first kappa shape index (κ1) is 10.8. The second-order valence-electron chi connectivity index (χ2n) is 2.96. The van der Waals surface area contributed by atoms with Gasteiger partial charge in [0.2, 0.25) is 0 Å². The van der Waals surface area contributed by atoms with Gasteiger partial charge in [-0.3, -0.25) is 0 Å². The molecule has 0 aliphatic heterocycles. The van der Waals surface area contributed by atoms with E-state index in [1.807, 2.05) is 19.0 Å². The van der Waals surface area contributed by atoms with Gasteiger partial charge in [-0.25, -0.2) is 0 Å². The molecule has 5 nitrogen and oxygen atoms in total. The van der Waals surface area contributed by atoms with Crippen LogP contribution < -0.4 is 14.2 Å². The van der Waals surface area contributed by atoms with Gasteiger partial charge in [0.15, 0.2) is 0 Å². The van der Waals surface area contributed by atoms with Crippen molar-refractivity contribution in [3.05, 3.63) is 24.3 Å². The Morgan fingerprint density at radius 1 is 1.21 bits per heavy atom. The number of hydrogen-bond donors (Lipinski definition) is 1. The zero-order chi connectivity index (χ0) is 10.8. The van der Waals surface area contributed by atoms with Gasteiger partial charge >= 0.3 is 10.3 Å². The first-order valence-corrected chi connectivity index (χ1v) is 5.35. The molecular formula is C8H12N2O3S. The molecule has 14 heavy (non-hydrogen) atoms. The van der Waals surface area contributed by atoms with E-state index in [0.29, 0.717) is 0 Å². The van der Waals surface area contributed by atoms with E-state index in [-0.39, 0.29) is 5.75 Å². The Morgan fingerprint density at radius 2 is 1.71 bits per heavy atom. The maximum absolute atomic E-state index is 10.6. The minimum absolute atomic E-state index is 0.207. The van der Waals surface area contributed by atoms with E-state index >= 15 is 0 Å². The molecule has 1 aromatic carbocycles. The van der Waals surface area contributed by atoms with Gasteiger partial charge in [-0.1, -0.05) is 0 Å². The SMILES string of the molecule is CN(C)c1ccc(OS(N)(=O)=O)cc1. The van der Waals surface area contributed by atoms with Gasteiger partial charge in [-0.2, -0.15) is 13.6 Å². The summed E-state index contributed by atoms with van der Waals surface area (Å²) in [7, 11) is -0.155. The predicted octanol–water partition coefficient (Wildman–Crippen LogP) is 0.335. The van der Waals surface area contributed by atoms with Gasteiger partial charge in [0.1, 0.15) is 5.75 Å². The fourth-order valence-corrected chi connectivity index (χ4v) is 1.31. The van der Waals surface area contributed by atoms with Crippen LogP contribution >= 0.6 is 0 Å². The number of benzene rings is 1. The van der Waals surface area contributed by atoms with Crippen LogP contribution in [-0.4, -0.2) is 22.5 Å². The topological polar surface area (TPSA) is 72.6 Å². The summed E-state index contributed by atoms with van der Waals surface area (Å²) in [6.07, 6.45) is 0. The molecule has 1 aromatic rings. The lowest BCUT2D eigenvalue weighted by Crippen LogP contribution is -2.19. The van der Waals surface area contributed by atoms with Gasteiger partial charge in [-0.05, 0) is 24.3 Å². The zero-order valence-corrected chi connectivity index (χ0v) is 8.78. The fraction of sp³-hybridized carbons (Fsp3) is 0.250. The molecule has 0 radical (unpaired) electrons. The molecular weight excluding hydrogens is 204 g/mol. The molecule has 78 valence electrons. The molecule has 0 aromatic heterocycles. The molecule has 0 heterocycles. The van der Waals surface area contributed by atoms with Crippen molar-refractivity contribution in [1.82, 2.24) is 0 Å². The highest BCUT2D eigenvalue weighted by Crippen LogP contribution is 2.17. The second-order valence-corrected chi connectivity index (χ2v) is 4.12. The maximum atomic E-state index is 10.6. The Hall–Kier alpha value is -1.27. The van der Waals surface area contributed by atoms with Crippen molar-refractivity contribution < 1.29 is 12.6 Å². The Kier molecular flexibility index (Phi) is 2.97. The molecule has 0 aliphatic carbocycles. The molecule has 1 rings (SSSR count). The summed E-state index contributed by atoms with van der Waals surface area (Å²) >= 11 is 0. The average Bonchev–Trinajstić information content (AvgIpc) is 2.02. The van der Waals surface area contributed by atoms with E-state index < -0.39 is 10.3 Å². The third-order valence-corrected chi connectivity index (χ3v) is 1.99. The molecule has 0 bridgehead atoms. The number of hydrogen-bond acceptors (Lipinski definition) is 4. The summed E-state index contributed by atoms with van der Waals surface area (Å²) in [5.74, 6) is 0.207. The lowest BCUT2D eigenvalue weighted by Gasteiger charge is -2.12. The Balaban J connectivity index is 2.84. The molecule has 0 unspecified atom stereocenters. The van der Waals surface area contributed by atoms with Crippen LogP contribution in [0.25, 0.3) is 0 Å². The molecule has 0 atom stereocenters. The summed E-state index contributed by atoms with van der Waals surface area (Å²) in [5.41, 5.74) is 0.951. The van der Waals surface area contributed by atoms with Crippen LogP contribution in [0.5, 0.6) is 5.75 Å². The zero-order valence-electron chi connectivity index (χ0n) is 7.97. The third kappa shape index (κ3) is 3.23. The monoisotopic (exact) mass is 216 g/mol. The average molecular weight is 216 g/mol. The summed E-state index contributed by atoms with van der Waals surface area (Å²) in [6, 6.07) is 6.56. The summed E-state index contributed by atoms with van der Waals surface area (Å²) in [5, 5.41) is 4.70. The van der Waals surface area contributed by atoms with Crippen LogP contribution in [0.4, 0.5) is 5.69 Å². The van der Waals surface area contributed by atoms with Crippen molar-refractivity contribution in [2.45, 2.75) is 0 Å². The molecule has 0 saturated carbocycles. The highest BCUT2D eigenvalue weighted by Gasteiger charge is 2.04. The Bertz CT molecular complexity index is 397. The van der Waals surface area contributed by atoms with Gasteiger partial charge < -0.3 is 9.08 Å². The van der Waals surface area contributed by atoms with E-state index in [1.165, 1.54) is 0 Å². The van der Waals surface area contributed by atoms with Crippen LogP contribution in [0.1, 0.15) is 0 Å². The molecule has 2 N–H and O–H groups in total. The lowest BCUT2D eigenvalue weighted by atomic mass is 10.3. The first-order chi connectivity index (χ1) is 6.38. The van der Waals surface area contributed by atoms with Crippen LogP contribution in [-0.2, 0) is 10.3 Å². The van der Waals surface area contributed by atoms with E-state index in [4.69, 9.17) is 5.14 Å². The lowest BCUT2D eigenvalue weighted by molar-refractivity contribution is 0.488. The van der Waals surface area contributed by atoms with Crippen molar-refractivity contribution in [2.75, 3.05) is 19.0 Å². The van der Waals surface area contributed by atoms with Crippen LogP contribution in [0.15, 0.2) is 24.3 Å². The third-order valence-electron chi connectivity index (χ3n) is 1.57. The maximum Gasteiger partial charge on any atom is 0.380 e. The molecule has 0 spiro atoms. The normalized spacial score (nSPS) is 11.1. The van der Waals surface area contributed by atoms with E-state index in [1.54, 1.807) is 24.3 Å². The van der Waals surface area contributed by atoms with E-state index in [2.05, 4.69) is 4.18 Å². The van der Waals surface area contributed by atoms with Crippen LogP contribution in [0.2, 0.25) is 0 Å². The minimum Gasteiger partial charge on any atom is -0.378 e. The standard InChI is InChI=1S/C8H12N2O3S/c1-10(2)7-3-5-8(6-4-7)13-14(9,11)12/h3-6H,1-2H3,(H2,9,11,12). The van der Waals surface area contributed by atoms with Gasteiger partial charge in [-0.15, -0.1) is 0 Å². The van der Waals surface area contributed by atoms with Crippen LogP contribution in [0.3, 0.4) is 0 Å². The summed E-state index contributed by atoms with van der Waals surface area (Å²) < 4.78 is 25.6. The van der Waals surface area contributed by atoms with Crippen molar-refractivity contribution >= 4 is 16.0 Å². The highest BCUT2D eigenvalue weighted by atomic mass is 32.2. The highest BCUT2D eigenvalue weighted by molar-refractivity contribution is 7.84. The molecule has 0 aliphatic rings. The quantitative estimate of drug-likeness (QED) is 0.790. The van der Waals surface area contributed by atoms with Crippen molar-refractivity contribution in [1.29, 1.82) is 0 Å². The minimum atomic E-state index is -3.92. The molecule has 0 fully saturated rings.